The molecule has 0 fully saturated rings. The number of ether oxygens (including phenoxy) is 2. The van der Waals surface area contributed by atoms with Crippen LogP contribution < -0.4 is 14.9 Å². The molecule has 0 radical (unpaired) electrons. The van der Waals surface area contributed by atoms with E-state index in [-0.39, 0.29) is 11.5 Å². The fourth-order valence-corrected chi connectivity index (χ4v) is 1.56. The van der Waals surface area contributed by atoms with Gasteiger partial charge in [0.2, 0.25) is 0 Å². The minimum atomic E-state index is -2.90. The van der Waals surface area contributed by atoms with Crippen LogP contribution in [-0.2, 0) is 0 Å². The zero-order valence-corrected chi connectivity index (χ0v) is 11.2. The smallest absolute Gasteiger partial charge is 0.387 e. The molecule has 0 aliphatic rings. The molecule has 0 saturated carbocycles. The topological polar surface area (TPSA) is 55.7 Å². The molecule has 110 valence electrons. The largest absolute Gasteiger partial charge is 0.493 e. The van der Waals surface area contributed by atoms with Crippen LogP contribution >= 0.6 is 0 Å². The van der Waals surface area contributed by atoms with Crippen molar-refractivity contribution in [2.24, 2.45) is 5.10 Å². The van der Waals surface area contributed by atoms with E-state index in [0.29, 0.717) is 11.4 Å². The number of benzene rings is 1. The highest BCUT2D eigenvalue weighted by Gasteiger charge is 2.10. The molecule has 0 bridgehead atoms. The number of hydrogen-bond acceptors (Lipinski definition) is 5. The van der Waals surface area contributed by atoms with Crippen molar-refractivity contribution in [3.8, 4) is 11.5 Å². The number of hydrogen-bond donors (Lipinski definition) is 1. The first-order valence-electron chi connectivity index (χ1n) is 6.02. The van der Waals surface area contributed by atoms with Crippen molar-refractivity contribution in [1.82, 2.24) is 4.98 Å². The molecule has 21 heavy (non-hydrogen) atoms. The van der Waals surface area contributed by atoms with Gasteiger partial charge in [-0.1, -0.05) is 6.07 Å². The van der Waals surface area contributed by atoms with E-state index in [1.165, 1.54) is 19.4 Å². The first-order valence-corrected chi connectivity index (χ1v) is 6.02. The lowest BCUT2D eigenvalue weighted by Gasteiger charge is -2.09. The van der Waals surface area contributed by atoms with Crippen molar-refractivity contribution in [2.45, 2.75) is 6.61 Å². The summed E-state index contributed by atoms with van der Waals surface area (Å²) >= 11 is 0. The molecule has 2 aromatic rings. The summed E-state index contributed by atoms with van der Waals surface area (Å²) in [6.45, 7) is -2.90. The van der Waals surface area contributed by atoms with Crippen molar-refractivity contribution in [3.63, 3.8) is 0 Å². The number of alkyl halides is 2. The second-order valence-electron chi connectivity index (χ2n) is 3.87. The lowest BCUT2D eigenvalue weighted by molar-refractivity contribution is -0.0512. The van der Waals surface area contributed by atoms with Gasteiger partial charge in [0, 0.05) is 6.20 Å². The maximum absolute atomic E-state index is 12.2. The fraction of sp³-hybridized carbons (Fsp3) is 0.143. The Kier molecular flexibility index (Phi) is 5.03. The molecule has 0 unspecified atom stereocenters. The van der Waals surface area contributed by atoms with Crippen LogP contribution in [0.5, 0.6) is 11.5 Å². The molecule has 1 heterocycles. The third-order valence-electron chi connectivity index (χ3n) is 2.46. The Morgan fingerprint density at radius 3 is 2.76 bits per heavy atom. The Labute approximate surface area is 120 Å². The number of nitrogens with one attached hydrogen (secondary N) is 1. The van der Waals surface area contributed by atoms with Gasteiger partial charge < -0.3 is 9.47 Å². The van der Waals surface area contributed by atoms with Crippen molar-refractivity contribution < 1.29 is 18.3 Å². The summed E-state index contributed by atoms with van der Waals surface area (Å²) in [6, 6.07) is 9.90. The number of pyridine rings is 1. The van der Waals surface area contributed by atoms with Crippen molar-refractivity contribution in [2.75, 3.05) is 12.5 Å². The van der Waals surface area contributed by atoms with Gasteiger partial charge in [-0.3, -0.25) is 5.43 Å². The van der Waals surface area contributed by atoms with E-state index in [9.17, 15) is 8.78 Å². The highest BCUT2D eigenvalue weighted by molar-refractivity contribution is 5.81. The van der Waals surface area contributed by atoms with Crippen molar-refractivity contribution >= 4 is 12.0 Å². The van der Waals surface area contributed by atoms with Crippen LogP contribution in [0.4, 0.5) is 14.6 Å². The van der Waals surface area contributed by atoms with Gasteiger partial charge in [0.25, 0.3) is 0 Å². The minimum Gasteiger partial charge on any atom is -0.493 e. The average Bonchev–Trinajstić information content (AvgIpc) is 2.49. The van der Waals surface area contributed by atoms with E-state index in [4.69, 9.17) is 4.74 Å². The van der Waals surface area contributed by atoms with E-state index >= 15 is 0 Å². The molecule has 7 heteroatoms. The Morgan fingerprint density at radius 2 is 2.10 bits per heavy atom. The van der Waals surface area contributed by atoms with E-state index in [1.807, 2.05) is 6.07 Å². The van der Waals surface area contributed by atoms with E-state index in [2.05, 4.69) is 20.2 Å². The summed E-state index contributed by atoms with van der Waals surface area (Å²) in [5.41, 5.74) is 3.41. The number of halogens is 2. The van der Waals surface area contributed by atoms with Gasteiger partial charge in [-0.05, 0) is 35.9 Å². The maximum Gasteiger partial charge on any atom is 0.387 e. The monoisotopic (exact) mass is 293 g/mol. The SMILES string of the molecule is COc1cc(C=NNc2ccccn2)ccc1OC(F)F. The van der Waals surface area contributed by atoms with Gasteiger partial charge >= 0.3 is 6.61 Å². The van der Waals surface area contributed by atoms with Crippen LogP contribution in [-0.4, -0.2) is 24.9 Å². The predicted molar refractivity (Wildman–Crippen MR) is 75.1 cm³/mol. The zero-order chi connectivity index (χ0) is 15.1. The number of methoxy groups -OCH3 is 1. The molecule has 2 rings (SSSR count). The summed E-state index contributed by atoms with van der Waals surface area (Å²) in [7, 11) is 1.38. The molecule has 0 spiro atoms. The molecule has 1 aromatic heterocycles. The average molecular weight is 293 g/mol. The second-order valence-corrected chi connectivity index (χ2v) is 3.87. The zero-order valence-electron chi connectivity index (χ0n) is 11.2. The fourth-order valence-electron chi connectivity index (χ4n) is 1.56. The number of aromatic nitrogens is 1. The van der Waals surface area contributed by atoms with Gasteiger partial charge in [0.15, 0.2) is 11.5 Å². The number of anilines is 1. The molecular weight excluding hydrogens is 280 g/mol. The number of nitrogens with zero attached hydrogens (tertiary/aromatic N) is 2. The Morgan fingerprint density at radius 1 is 1.24 bits per heavy atom. The molecule has 5 nitrogen and oxygen atoms in total. The summed E-state index contributed by atoms with van der Waals surface area (Å²) in [6.07, 6.45) is 3.15. The summed E-state index contributed by atoms with van der Waals surface area (Å²) in [4.78, 5) is 4.04. The second kappa shape index (κ2) is 7.18. The first kappa shape index (κ1) is 14.7. The standard InChI is InChI=1S/C14H13F2N3O2/c1-20-12-8-10(5-6-11(12)21-14(15)16)9-18-19-13-4-2-3-7-17-13/h2-9,14H,1H3,(H,17,19). The number of hydrazone groups is 1. The van der Waals surface area contributed by atoms with Crippen LogP contribution in [0.1, 0.15) is 5.56 Å². The van der Waals surface area contributed by atoms with E-state index in [1.54, 1.807) is 30.5 Å². The van der Waals surface area contributed by atoms with Gasteiger partial charge in [-0.25, -0.2) is 4.98 Å². The molecule has 0 aliphatic heterocycles. The van der Waals surface area contributed by atoms with Crippen LogP contribution in [0.3, 0.4) is 0 Å². The Balaban J connectivity index is 2.06. The highest BCUT2D eigenvalue weighted by atomic mass is 19.3. The Bertz CT molecular complexity index is 606. The first-order chi connectivity index (χ1) is 10.2. The summed E-state index contributed by atoms with van der Waals surface area (Å²) < 4.78 is 33.7. The lowest BCUT2D eigenvalue weighted by atomic mass is 10.2. The van der Waals surface area contributed by atoms with Crippen LogP contribution in [0.25, 0.3) is 0 Å². The van der Waals surface area contributed by atoms with Crippen molar-refractivity contribution in [3.05, 3.63) is 48.2 Å². The van der Waals surface area contributed by atoms with Gasteiger partial charge in [-0.2, -0.15) is 13.9 Å². The maximum atomic E-state index is 12.2. The van der Waals surface area contributed by atoms with Gasteiger partial charge in [0.05, 0.1) is 13.3 Å². The molecule has 0 atom stereocenters. The Hall–Kier alpha value is -2.70. The van der Waals surface area contributed by atoms with E-state index < -0.39 is 6.61 Å². The van der Waals surface area contributed by atoms with Crippen LogP contribution in [0.2, 0.25) is 0 Å². The van der Waals surface area contributed by atoms with Crippen LogP contribution in [0, 0.1) is 0 Å². The normalized spacial score (nSPS) is 10.9. The summed E-state index contributed by atoms with van der Waals surface area (Å²) in [5, 5.41) is 4.00. The molecule has 1 N–H and O–H groups in total. The molecule has 0 aliphatic carbocycles. The molecular formula is C14H13F2N3O2. The van der Waals surface area contributed by atoms with Gasteiger partial charge in [-0.15, -0.1) is 0 Å². The minimum absolute atomic E-state index is 0.0256. The van der Waals surface area contributed by atoms with Crippen LogP contribution in [0.15, 0.2) is 47.7 Å². The molecule has 0 amide bonds. The summed E-state index contributed by atoms with van der Waals surface area (Å²) in [5.74, 6) is 0.776. The third kappa shape index (κ3) is 4.41. The lowest BCUT2D eigenvalue weighted by Crippen LogP contribution is -2.03. The third-order valence-corrected chi connectivity index (χ3v) is 2.46. The molecule has 1 aromatic carbocycles. The predicted octanol–water partition coefficient (Wildman–Crippen LogP) is 3.14. The van der Waals surface area contributed by atoms with Gasteiger partial charge in [0.1, 0.15) is 5.82 Å². The van der Waals surface area contributed by atoms with E-state index in [0.717, 1.165) is 0 Å². The van der Waals surface area contributed by atoms with Crippen molar-refractivity contribution in [1.29, 1.82) is 0 Å². The molecule has 0 saturated heterocycles. The quantitative estimate of drug-likeness (QED) is 0.656. The highest BCUT2D eigenvalue weighted by Crippen LogP contribution is 2.28. The number of rotatable bonds is 6.